The average molecular weight is 174 g/mol. The van der Waals surface area contributed by atoms with Gasteiger partial charge in [-0.05, 0) is 24.5 Å². The molecule has 1 aliphatic carbocycles. The van der Waals surface area contributed by atoms with Crippen molar-refractivity contribution in [2.45, 2.75) is 38.0 Å². The molecule has 0 heterocycles. The van der Waals surface area contributed by atoms with Crippen LogP contribution in [0.3, 0.4) is 0 Å². The molecule has 1 fully saturated rings. The Hall–Kier alpha value is 0.310. The van der Waals surface area contributed by atoms with Gasteiger partial charge in [0.15, 0.2) is 0 Å². The summed E-state index contributed by atoms with van der Waals surface area (Å²) in [5.41, 5.74) is 0.555. The lowest BCUT2D eigenvalue weighted by Crippen LogP contribution is -2.48. The van der Waals surface area contributed by atoms with Gasteiger partial charge in [0, 0.05) is 7.11 Å². The molecular weight excluding hydrogens is 156 g/mol. The van der Waals surface area contributed by atoms with E-state index in [1.165, 1.54) is 19.3 Å². The molecule has 0 bridgehead atoms. The lowest BCUT2D eigenvalue weighted by molar-refractivity contribution is -0.0787. The number of hydrogen-bond donors (Lipinski definition) is 0. The van der Waals surface area contributed by atoms with Gasteiger partial charge in [-0.1, -0.05) is 20.3 Å². The van der Waals surface area contributed by atoms with Gasteiger partial charge in [0.2, 0.25) is 0 Å². The molecule has 0 radical (unpaired) electrons. The Bertz CT molecular complexity index is 132. The fourth-order valence-corrected chi connectivity index (χ4v) is 3.02. The SMILES string of the molecule is CCC1(C)CC(OC)(SC)C1. The molecule has 0 atom stereocenters. The van der Waals surface area contributed by atoms with Gasteiger partial charge in [0.1, 0.15) is 4.93 Å². The number of hydrogen-bond acceptors (Lipinski definition) is 2. The van der Waals surface area contributed by atoms with Crippen LogP contribution >= 0.6 is 11.8 Å². The minimum atomic E-state index is 0.157. The third-order valence-corrected chi connectivity index (χ3v) is 4.19. The van der Waals surface area contributed by atoms with Gasteiger partial charge in [-0.15, -0.1) is 11.8 Å². The molecule has 0 aliphatic heterocycles. The highest BCUT2D eigenvalue weighted by Gasteiger charge is 2.50. The van der Waals surface area contributed by atoms with E-state index in [0.29, 0.717) is 5.41 Å². The van der Waals surface area contributed by atoms with Crippen molar-refractivity contribution >= 4 is 11.8 Å². The first-order valence-corrected chi connectivity index (χ1v) is 5.42. The Morgan fingerprint density at radius 3 is 2.27 bits per heavy atom. The van der Waals surface area contributed by atoms with Crippen LogP contribution in [0.1, 0.15) is 33.1 Å². The highest BCUT2D eigenvalue weighted by atomic mass is 32.2. The second-order valence-electron chi connectivity index (χ2n) is 3.84. The molecule has 0 amide bonds. The van der Waals surface area contributed by atoms with Crippen molar-refractivity contribution in [1.29, 1.82) is 0 Å². The summed E-state index contributed by atoms with van der Waals surface area (Å²) in [6, 6.07) is 0. The van der Waals surface area contributed by atoms with Crippen molar-refractivity contribution in [2.75, 3.05) is 13.4 Å². The highest BCUT2D eigenvalue weighted by molar-refractivity contribution is 7.99. The quantitative estimate of drug-likeness (QED) is 0.608. The summed E-state index contributed by atoms with van der Waals surface area (Å²) in [4.78, 5) is 0.157. The second kappa shape index (κ2) is 2.98. The van der Waals surface area contributed by atoms with Crippen LogP contribution in [0.25, 0.3) is 0 Å². The maximum Gasteiger partial charge on any atom is 0.114 e. The smallest absolute Gasteiger partial charge is 0.114 e. The average Bonchev–Trinajstić information content (AvgIpc) is 1.98. The zero-order valence-corrected chi connectivity index (χ0v) is 8.75. The van der Waals surface area contributed by atoms with Gasteiger partial charge in [0.05, 0.1) is 0 Å². The Kier molecular flexibility index (Phi) is 2.55. The fraction of sp³-hybridized carbons (Fsp3) is 1.00. The predicted octanol–water partition coefficient (Wildman–Crippen LogP) is 2.90. The van der Waals surface area contributed by atoms with E-state index in [4.69, 9.17) is 4.74 Å². The third kappa shape index (κ3) is 1.57. The lowest BCUT2D eigenvalue weighted by atomic mass is 9.66. The summed E-state index contributed by atoms with van der Waals surface area (Å²) >= 11 is 1.85. The van der Waals surface area contributed by atoms with E-state index in [0.717, 1.165) is 0 Å². The largest absolute Gasteiger partial charge is 0.368 e. The van der Waals surface area contributed by atoms with Gasteiger partial charge >= 0.3 is 0 Å². The van der Waals surface area contributed by atoms with E-state index < -0.39 is 0 Å². The molecule has 11 heavy (non-hydrogen) atoms. The first-order valence-electron chi connectivity index (χ1n) is 4.20. The van der Waals surface area contributed by atoms with Crippen molar-refractivity contribution in [3.63, 3.8) is 0 Å². The van der Waals surface area contributed by atoms with E-state index in [1.54, 1.807) is 0 Å². The zero-order chi connectivity index (χ0) is 8.54. The summed E-state index contributed by atoms with van der Waals surface area (Å²) in [5, 5.41) is 0. The summed E-state index contributed by atoms with van der Waals surface area (Å²) in [6.45, 7) is 4.61. The van der Waals surface area contributed by atoms with E-state index in [1.807, 2.05) is 18.9 Å². The second-order valence-corrected chi connectivity index (χ2v) is 4.99. The van der Waals surface area contributed by atoms with E-state index in [9.17, 15) is 0 Å². The molecule has 2 heteroatoms. The zero-order valence-electron chi connectivity index (χ0n) is 7.94. The van der Waals surface area contributed by atoms with E-state index >= 15 is 0 Å². The molecule has 1 nitrogen and oxygen atoms in total. The molecule has 0 spiro atoms. The molecule has 1 rings (SSSR count). The monoisotopic (exact) mass is 174 g/mol. The van der Waals surface area contributed by atoms with E-state index in [2.05, 4.69) is 20.1 Å². The van der Waals surface area contributed by atoms with Gasteiger partial charge in [-0.2, -0.15) is 0 Å². The number of thioether (sulfide) groups is 1. The standard InChI is InChI=1S/C9H18OS/c1-5-8(2)6-9(7-8,10-3)11-4/h5-7H2,1-4H3. The Labute approximate surface area is 73.9 Å². The molecule has 0 unspecified atom stereocenters. The van der Waals surface area contributed by atoms with Crippen LogP contribution in [0.2, 0.25) is 0 Å². The van der Waals surface area contributed by atoms with Crippen LogP contribution in [-0.4, -0.2) is 18.3 Å². The molecule has 1 saturated carbocycles. The molecule has 0 saturated heterocycles. The molecule has 0 aromatic heterocycles. The third-order valence-electron chi connectivity index (χ3n) is 2.99. The number of rotatable bonds is 3. The maximum absolute atomic E-state index is 5.48. The van der Waals surface area contributed by atoms with E-state index in [-0.39, 0.29) is 4.93 Å². The molecule has 0 aromatic rings. The topological polar surface area (TPSA) is 9.23 Å². The fourth-order valence-electron chi connectivity index (χ4n) is 1.87. The normalized spacial score (nSPS) is 43.6. The number of methoxy groups -OCH3 is 1. The molecular formula is C9H18OS. The van der Waals surface area contributed by atoms with Crippen molar-refractivity contribution in [1.82, 2.24) is 0 Å². The molecule has 0 N–H and O–H groups in total. The van der Waals surface area contributed by atoms with Crippen molar-refractivity contribution in [3.05, 3.63) is 0 Å². The minimum Gasteiger partial charge on any atom is -0.368 e. The molecule has 66 valence electrons. The van der Waals surface area contributed by atoms with Gasteiger partial charge < -0.3 is 4.74 Å². The Balaban J connectivity index is 2.47. The van der Waals surface area contributed by atoms with Crippen LogP contribution in [0, 0.1) is 5.41 Å². The van der Waals surface area contributed by atoms with Crippen LogP contribution in [0.4, 0.5) is 0 Å². The van der Waals surface area contributed by atoms with Gasteiger partial charge in [-0.25, -0.2) is 0 Å². The van der Waals surface area contributed by atoms with Crippen molar-refractivity contribution < 1.29 is 4.74 Å². The van der Waals surface area contributed by atoms with Crippen LogP contribution in [0.5, 0.6) is 0 Å². The minimum absolute atomic E-state index is 0.157. The Morgan fingerprint density at radius 1 is 1.45 bits per heavy atom. The summed E-state index contributed by atoms with van der Waals surface area (Å²) in [5.74, 6) is 0. The van der Waals surface area contributed by atoms with Crippen LogP contribution < -0.4 is 0 Å². The first kappa shape index (κ1) is 9.40. The first-order chi connectivity index (χ1) is 5.10. The predicted molar refractivity (Wildman–Crippen MR) is 50.9 cm³/mol. The summed E-state index contributed by atoms with van der Waals surface area (Å²) < 4.78 is 5.48. The highest BCUT2D eigenvalue weighted by Crippen LogP contribution is 2.56. The molecule has 0 aromatic carbocycles. The van der Waals surface area contributed by atoms with Gasteiger partial charge in [0.25, 0.3) is 0 Å². The number of ether oxygens (including phenoxy) is 1. The van der Waals surface area contributed by atoms with Crippen LogP contribution in [0.15, 0.2) is 0 Å². The van der Waals surface area contributed by atoms with Crippen molar-refractivity contribution in [2.24, 2.45) is 5.41 Å². The van der Waals surface area contributed by atoms with Crippen LogP contribution in [-0.2, 0) is 4.74 Å². The summed E-state index contributed by atoms with van der Waals surface area (Å²) in [6.07, 6.45) is 5.85. The van der Waals surface area contributed by atoms with Gasteiger partial charge in [-0.3, -0.25) is 0 Å². The van der Waals surface area contributed by atoms with Crippen molar-refractivity contribution in [3.8, 4) is 0 Å². The summed E-state index contributed by atoms with van der Waals surface area (Å²) in [7, 11) is 1.83. The maximum atomic E-state index is 5.48. The Morgan fingerprint density at radius 2 is 2.00 bits per heavy atom. The lowest BCUT2D eigenvalue weighted by Gasteiger charge is -2.52. The molecule has 1 aliphatic rings.